The molecule has 14 heavy (non-hydrogen) atoms. The summed E-state index contributed by atoms with van der Waals surface area (Å²) in [6, 6.07) is 0.466. The van der Waals surface area contributed by atoms with E-state index in [-0.39, 0.29) is 12.0 Å². The smallest absolute Gasteiger partial charge is 0.305 e. The van der Waals surface area contributed by atoms with Gasteiger partial charge in [0.15, 0.2) is 0 Å². The molecule has 0 bridgehead atoms. The molecule has 1 fully saturated rings. The average Bonchev–Trinajstić information content (AvgIpc) is 2.26. The number of nitrogens with one attached hydrogen (secondary N) is 1. The molecule has 0 radical (unpaired) electrons. The Morgan fingerprint density at radius 3 is 2.71 bits per heavy atom. The molecule has 82 valence electrons. The zero-order chi connectivity index (χ0) is 10.8. The molecule has 0 spiro atoms. The number of nitrogens with zero attached hydrogens (tertiary/aromatic N) is 1. The van der Waals surface area contributed by atoms with Crippen molar-refractivity contribution in [3.8, 4) is 0 Å². The SMILES string of the molecule is CCNC1(CC(=O)O)CC(C)N(C)C1. The number of carboxylic acids is 1. The number of likely N-dealkylation sites (tertiary alicyclic amines) is 1. The first-order valence-electron chi connectivity index (χ1n) is 5.16. The van der Waals surface area contributed by atoms with Gasteiger partial charge in [0, 0.05) is 18.1 Å². The maximum absolute atomic E-state index is 10.8. The van der Waals surface area contributed by atoms with E-state index in [1.807, 2.05) is 14.0 Å². The fraction of sp³-hybridized carbons (Fsp3) is 0.900. The number of hydrogen-bond donors (Lipinski definition) is 2. The van der Waals surface area contributed by atoms with Crippen molar-refractivity contribution < 1.29 is 9.90 Å². The van der Waals surface area contributed by atoms with Crippen molar-refractivity contribution >= 4 is 5.97 Å². The quantitative estimate of drug-likeness (QED) is 0.695. The fourth-order valence-electron chi connectivity index (χ4n) is 2.40. The van der Waals surface area contributed by atoms with Crippen LogP contribution < -0.4 is 5.32 Å². The molecule has 1 saturated heterocycles. The first-order chi connectivity index (χ1) is 6.49. The Morgan fingerprint density at radius 2 is 2.36 bits per heavy atom. The van der Waals surface area contributed by atoms with Crippen LogP contribution in [0.25, 0.3) is 0 Å². The van der Waals surface area contributed by atoms with Gasteiger partial charge < -0.3 is 15.3 Å². The molecule has 2 unspecified atom stereocenters. The Kier molecular flexibility index (Phi) is 3.50. The van der Waals surface area contributed by atoms with E-state index in [9.17, 15) is 4.79 Å². The molecule has 1 aliphatic heterocycles. The van der Waals surface area contributed by atoms with E-state index in [4.69, 9.17) is 5.11 Å². The minimum atomic E-state index is -0.714. The van der Waals surface area contributed by atoms with E-state index in [0.717, 1.165) is 19.5 Å². The highest BCUT2D eigenvalue weighted by Gasteiger charge is 2.41. The Labute approximate surface area is 85.3 Å². The van der Waals surface area contributed by atoms with Crippen molar-refractivity contribution in [1.29, 1.82) is 0 Å². The van der Waals surface area contributed by atoms with Crippen LogP contribution in [-0.2, 0) is 4.79 Å². The molecule has 4 heteroatoms. The van der Waals surface area contributed by atoms with E-state index in [1.54, 1.807) is 0 Å². The van der Waals surface area contributed by atoms with Crippen molar-refractivity contribution in [2.24, 2.45) is 0 Å². The van der Waals surface area contributed by atoms with Gasteiger partial charge >= 0.3 is 5.97 Å². The third-order valence-corrected chi connectivity index (χ3v) is 3.03. The van der Waals surface area contributed by atoms with Crippen LogP contribution in [0.5, 0.6) is 0 Å². The fourth-order valence-corrected chi connectivity index (χ4v) is 2.40. The van der Waals surface area contributed by atoms with Gasteiger partial charge in [-0.25, -0.2) is 0 Å². The summed E-state index contributed by atoms with van der Waals surface area (Å²) in [5.41, 5.74) is -0.214. The number of likely N-dealkylation sites (N-methyl/N-ethyl adjacent to an activating group) is 2. The Balaban J connectivity index is 2.68. The van der Waals surface area contributed by atoms with Gasteiger partial charge in [0.05, 0.1) is 6.42 Å². The minimum Gasteiger partial charge on any atom is -0.481 e. The van der Waals surface area contributed by atoms with Crippen molar-refractivity contribution in [2.45, 2.75) is 38.3 Å². The van der Waals surface area contributed by atoms with E-state index in [0.29, 0.717) is 6.04 Å². The maximum atomic E-state index is 10.8. The molecule has 0 aromatic carbocycles. The lowest BCUT2D eigenvalue weighted by Gasteiger charge is -2.28. The molecule has 0 aliphatic carbocycles. The van der Waals surface area contributed by atoms with E-state index in [1.165, 1.54) is 0 Å². The molecular weight excluding hydrogens is 180 g/mol. The second-order valence-electron chi connectivity index (χ2n) is 4.35. The molecule has 1 aliphatic rings. The summed E-state index contributed by atoms with van der Waals surface area (Å²) in [6.45, 7) is 5.82. The highest BCUT2D eigenvalue weighted by Crippen LogP contribution is 2.28. The lowest BCUT2D eigenvalue weighted by atomic mass is 9.92. The van der Waals surface area contributed by atoms with Crippen LogP contribution in [0.15, 0.2) is 0 Å². The molecule has 0 aromatic heterocycles. The standard InChI is InChI=1S/C10H20N2O2/c1-4-11-10(6-9(13)14)5-8(2)12(3)7-10/h8,11H,4-7H2,1-3H3,(H,13,14). The van der Waals surface area contributed by atoms with Crippen LogP contribution in [0.4, 0.5) is 0 Å². The molecule has 0 aromatic rings. The van der Waals surface area contributed by atoms with E-state index in [2.05, 4.69) is 17.1 Å². The van der Waals surface area contributed by atoms with E-state index >= 15 is 0 Å². The maximum Gasteiger partial charge on any atom is 0.305 e. The summed E-state index contributed by atoms with van der Waals surface area (Å²) in [7, 11) is 2.05. The summed E-state index contributed by atoms with van der Waals surface area (Å²) in [4.78, 5) is 13.0. The summed E-state index contributed by atoms with van der Waals surface area (Å²) in [5, 5.41) is 12.2. The highest BCUT2D eigenvalue weighted by atomic mass is 16.4. The normalized spacial score (nSPS) is 33.5. The lowest BCUT2D eigenvalue weighted by molar-refractivity contribution is -0.138. The minimum absolute atomic E-state index is 0.214. The Hall–Kier alpha value is -0.610. The van der Waals surface area contributed by atoms with Crippen molar-refractivity contribution in [3.63, 3.8) is 0 Å². The van der Waals surface area contributed by atoms with Crippen molar-refractivity contribution in [2.75, 3.05) is 20.1 Å². The van der Waals surface area contributed by atoms with Crippen LogP contribution in [0.2, 0.25) is 0 Å². The largest absolute Gasteiger partial charge is 0.481 e. The Morgan fingerprint density at radius 1 is 1.71 bits per heavy atom. The molecule has 0 amide bonds. The van der Waals surface area contributed by atoms with Gasteiger partial charge in [0.2, 0.25) is 0 Å². The predicted octanol–water partition coefficient (Wildman–Crippen LogP) is 0.533. The third-order valence-electron chi connectivity index (χ3n) is 3.03. The second-order valence-corrected chi connectivity index (χ2v) is 4.35. The molecule has 4 nitrogen and oxygen atoms in total. The molecule has 2 atom stereocenters. The lowest BCUT2D eigenvalue weighted by Crippen LogP contribution is -2.48. The van der Waals surface area contributed by atoms with Crippen LogP contribution >= 0.6 is 0 Å². The van der Waals surface area contributed by atoms with E-state index < -0.39 is 5.97 Å². The number of aliphatic carboxylic acids is 1. The van der Waals surface area contributed by atoms with Crippen LogP contribution in [-0.4, -0.2) is 47.7 Å². The highest BCUT2D eigenvalue weighted by molar-refractivity contribution is 5.68. The van der Waals surface area contributed by atoms with Gasteiger partial charge in [-0.2, -0.15) is 0 Å². The molecule has 1 rings (SSSR count). The topological polar surface area (TPSA) is 52.6 Å². The Bertz CT molecular complexity index is 208. The average molecular weight is 200 g/mol. The molecular formula is C10H20N2O2. The first-order valence-corrected chi connectivity index (χ1v) is 5.16. The molecule has 0 saturated carbocycles. The van der Waals surface area contributed by atoms with Gasteiger partial charge in [-0.15, -0.1) is 0 Å². The summed E-state index contributed by atoms with van der Waals surface area (Å²) in [5.74, 6) is -0.714. The molecule has 2 N–H and O–H groups in total. The van der Waals surface area contributed by atoms with Crippen molar-refractivity contribution in [1.82, 2.24) is 10.2 Å². The van der Waals surface area contributed by atoms with Gasteiger partial charge in [-0.05, 0) is 26.9 Å². The van der Waals surface area contributed by atoms with Crippen LogP contribution in [0.3, 0.4) is 0 Å². The zero-order valence-corrected chi connectivity index (χ0v) is 9.21. The number of carboxylic acid groups (broad SMARTS) is 1. The van der Waals surface area contributed by atoms with Gasteiger partial charge in [0.25, 0.3) is 0 Å². The van der Waals surface area contributed by atoms with Crippen LogP contribution in [0, 0.1) is 0 Å². The third kappa shape index (κ3) is 2.45. The monoisotopic (exact) mass is 200 g/mol. The first kappa shape index (κ1) is 11.5. The summed E-state index contributed by atoms with van der Waals surface area (Å²) >= 11 is 0. The molecule has 1 heterocycles. The number of carbonyl (C=O) groups is 1. The summed E-state index contributed by atoms with van der Waals surface area (Å²) in [6.07, 6.45) is 1.14. The second kappa shape index (κ2) is 4.28. The van der Waals surface area contributed by atoms with Gasteiger partial charge in [0.1, 0.15) is 0 Å². The van der Waals surface area contributed by atoms with Crippen LogP contribution in [0.1, 0.15) is 26.7 Å². The number of rotatable bonds is 4. The van der Waals surface area contributed by atoms with Gasteiger partial charge in [-0.3, -0.25) is 4.79 Å². The summed E-state index contributed by atoms with van der Waals surface area (Å²) < 4.78 is 0. The van der Waals surface area contributed by atoms with Crippen molar-refractivity contribution in [3.05, 3.63) is 0 Å². The zero-order valence-electron chi connectivity index (χ0n) is 9.21. The van der Waals surface area contributed by atoms with Gasteiger partial charge in [-0.1, -0.05) is 6.92 Å². The number of hydrogen-bond acceptors (Lipinski definition) is 3. The predicted molar refractivity (Wildman–Crippen MR) is 55.4 cm³/mol.